The third-order valence-electron chi connectivity index (χ3n) is 2.92. The molecule has 0 atom stereocenters. The second-order valence-corrected chi connectivity index (χ2v) is 6.97. The Bertz CT molecular complexity index is 716. The summed E-state index contributed by atoms with van der Waals surface area (Å²) < 4.78 is 11.3. The van der Waals surface area contributed by atoms with Crippen molar-refractivity contribution >= 4 is 40.2 Å². The Kier molecular flexibility index (Phi) is 7.07. The summed E-state index contributed by atoms with van der Waals surface area (Å²) in [6.07, 6.45) is 4.18. The fourth-order valence-corrected chi connectivity index (χ4v) is 3.46. The number of methoxy groups -OCH3 is 2. The molecule has 2 rings (SSSR count). The molecular formula is C16H19N3O3S2. The number of amides is 1. The van der Waals surface area contributed by atoms with E-state index in [0.29, 0.717) is 16.6 Å². The molecule has 1 amide bonds. The Morgan fingerprint density at radius 1 is 1.33 bits per heavy atom. The van der Waals surface area contributed by atoms with Crippen LogP contribution >= 0.6 is 23.1 Å². The van der Waals surface area contributed by atoms with Gasteiger partial charge in [-0.05, 0) is 24.6 Å². The van der Waals surface area contributed by atoms with Gasteiger partial charge in [-0.25, -0.2) is 0 Å². The number of rotatable bonds is 8. The maximum absolute atomic E-state index is 12.0. The number of carbonyl (C=O) groups is 1. The smallest absolute Gasteiger partial charge is 0.250 e. The maximum Gasteiger partial charge on any atom is 0.250 e. The topological polar surface area (TPSA) is 73.3 Å². The number of nitrogens with zero attached hydrogens (tertiary/aromatic N) is 2. The van der Waals surface area contributed by atoms with Gasteiger partial charge in [-0.1, -0.05) is 30.0 Å². The number of hydrogen-bond acceptors (Lipinski definition) is 7. The van der Waals surface area contributed by atoms with Crippen LogP contribution in [0.3, 0.4) is 0 Å². The number of carbonyl (C=O) groups excluding carboxylic acids is 1. The highest BCUT2D eigenvalue weighted by atomic mass is 32.2. The van der Waals surface area contributed by atoms with Crippen LogP contribution in [-0.2, 0) is 4.79 Å². The van der Waals surface area contributed by atoms with Crippen molar-refractivity contribution in [3.63, 3.8) is 0 Å². The first-order valence-electron chi connectivity index (χ1n) is 7.33. The largest absolute Gasteiger partial charge is 0.497 e. The summed E-state index contributed by atoms with van der Waals surface area (Å²) in [7, 11) is 3.16. The van der Waals surface area contributed by atoms with Gasteiger partial charge in [0.15, 0.2) is 4.34 Å². The lowest BCUT2D eigenvalue weighted by Gasteiger charge is -2.07. The standard InChI is InChI=1S/C16H19N3O3S2/c1-4-9-23-16-19-18-15(24-16)17-14(20)8-6-11-5-7-12(21-2)10-13(11)22-3/h5-8,10H,4,9H2,1-3H3,(H,17,18,20)/b8-6+. The highest BCUT2D eigenvalue weighted by Crippen LogP contribution is 2.27. The zero-order chi connectivity index (χ0) is 17.4. The minimum absolute atomic E-state index is 0.268. The molecule has 1 N–H and O–H groups in total. The number of anilines is 1. The van der Waals surface area contributed by atoms with Crippen molar-refractivity contribution in [2.24, 2.45) is 0 Å². The van der Waals surface area contributed by atoms with E-state index in [-0.39, 0.29) is 5.91 Å². The van der Waals surface area contributed by atoms with Crippen molar-refractivity contribution in [1.29, 1.82) is 0 Å². The molecule has 1 aromatic heterocycles. The van der Waals surface area contributed by atoms with Crippen molar-refractivity contribution in [3.05, 3.63) is 29.8 Å². The zero-order valence-electron chi connectivity index (χ0n) is 13.7. The molecule has 0 aliphatic rings. The van der Waals surface area contributed by atoms with E-state index < -0.39 is 0 Å². The van der Waals surface area contributed by atoms with E-state index in [2.05, 4.69) is 22.4 Å². The van der Waals surface area contributed by atoms with Gasteiger partial charge in [-0.15, -0.1) is 10.2 Å². The van der Waals surface area contributed by atoms with Gasteiger partial charge >= 0.3 is 0 Å². The van der Waals surface area contributed by atoms with Crippen LogP contribution in [0, 0.1) is 0 Å². The second kappa shape index (κ2) is 9.29. The fourth-order valence-electron chi connectivity index (χ4n) is 1.78. The molecule has 24 heavy (non-hydrogen) atoms. The molecule has 2 aromatic rings. The van der Waals surface area contributed by atoms with Crippen LogP contribution in [0.4, 0.5) is 5.13 Å². The molecule has 8 heteroatoms. The van der Waals surface area contributed by atoms with Crippen LogP contribution in [0.15, 0.2) is 28.6 Å². The molecule has 0 radical (unpaired) electrons. The minimum atomic E-state index is -0.268. The van der Waals surface area contributed by atoms with E-state index in [0.717, 1.165) is 22.1 Å². The van der Waals surface area contributed by atoms with E-state index in [1.165, 1.54) is 17.4 Å². The van der Waals surface area contributed by atoms with E-state index in [1.54, 1.807) is 38.1 Å². The van der Waals surface area contributed by atoms with Crippen molar-refractivity contribution in [2.75, 3.05) is 25.3 Å². The van der Waals surface area contributed by atoms with Crippen LogP contribution in [0.5, 0.6) is 11.5 Å². The normalized spacial score (nSPS) is 10.8. The first-order valence-corrected chi connectivity index (χ1v) is 9.14. The third kappa shape index (κ3) is 5.24. The molecule has 6 nitrogen and oxygen atoms in total. The molecule has 0 aliphatic heterocycles. The first-order chi connectivity index (χ1) is 11.7. The fraction of sp³-hybridized carbons (Fsp3) is 0.312. The lowest BCUT2D eigenvalue weighted by Crippen LogP contribution is -2.07. The predicted octanol–water partition coefficient (Wildman–Crippen LogP) is 3.71. The highest BCUT2D eigenvalue weighted by molar-refractivity contribution is 8.01. The van der Waals surface area contributed by atoms with Gasteiger partial charge in [0.25, 0.3) is 0 Å². The van der Waals surface area contributed by atoms with Gasteiger partial charge in [0.1, 0.15) is 11.5 Å². The molecule has 1 heterocycles. The average molecular weight is 365 g/mol. The maximum atomic E-state index is 12.0. The first kappa shape index (κ1) is 18.3. The van der Waals surface area contributed by atoms with Gasteiger partial charge < -0.3 is 9.47 Å². The quantitative estimate of drug-likeness (QED) is 0.437. The summed E-state index contributed by atoms with van der Waals surface area (Å²) in [5.74, 6) is 2.04. The van der Waals surface area contributed by atoms with E-state index in [9.17, 15) is 4.79 Å². The molecule has 0 saturated carbocycles. The van der Waals surface area contributed by atoms with Gasteiger partial charge in [0.05, 0.1) is 14.2 Å². The lowest BCUT2D eigenvalue weighted by molar-refractivity contribution is -0.111. The Morgan fingerprint density at radius 3 is 2.88 bits per heavy atom. The van der Waals surface area contributed by atoms with Crippen LogP contribution in [0.25, 0.3) is 6.08 Å². The predicted molar refractivity (Wildman–Crippen MR) is 98.1 cm³/mol. The summed E-state index contributed by atoms with van der Waals surface area (Å²) in [5.41, 5.74) is 0.782. The summed E-state index contributed by atoms with van der Waals surface area (Å²) in [4.78, 5) is 12.0. The van der Waals surface area contributed by atoms with Gasteiger partial charge in [-0.3, -0.25) is 10.1 Å². The number of aromatic nitrogens is 2. The van der Waals surface area contributed by atoms with Crippen molar-refractivity contribution < 1.29 is 14.3 Å². The van der Waals surface area contributed by atoms with Crippen molar-refractivity contribution in [2.45, 2.75) is 17.7 Å². The van der Waals surface area contributed by atoms with E-state index in [1.807, 2.05) is 12.1 Å². The van der Waals surface area contributed by atoms with Crippen molar-refractivity contribution in [3.8, 4) is 11.5 Å². The van der Waals surface area contributed by atoms with E-state index in [4.69, 9.17) is 9.47 Å². The summed E-state index contributed by atoms with van der Waals surface area (Å²) >= 11 is 3.00. The highest BCUT2D eigenvalue weighted by Gasteiger charge is 2.07. The Morgan fingerprint density at radius 2 is 2.17 bits per heavy atom. The molecule has 0 bridgehead atoms. The Balaban J connectivity index is 1.99. The molecule has 0 fully saturated rings. The SMILES string of the molecule is CCCSc1nnc(NC(=O)/C=C/c2ccc(OC)cc2OC)s1. The third-order valence-corrected chi connectivity index (χ3v) is 5.10. The number of nitrogens with one attached hydrogen (secondary N) is 1. The van der Waals surface area contributed by atoms with Crippen molar-refractivity contribution in [1.82, 2.24) is 10.2 Å². The summed E-state index contributed by atoms with van der Waals surface area (Å²) in [5, 5.41) is 11.2. The summed E-state index contributed by atoms with van der Waals surface area (Å²) in [6.45, 7) is 2.11. The molecule has 128 valence electrons. The minimum Gasteiger partial charge on any atom is -0.497 e. The lowest BCUT2D eigenvalue weighted by atomic mass is 10.1. The number of ether oxygens (including phenoxy) is 2. The second-order valence-electron chi connectivity index (χ2n) is 4.65. The average Bonchev–Trinajstić information content (AvgIpc) is 3.05. The van der Waals surface area contributed by atoms with Crippen LogP contribution < -0.4 is 14.8 Å². The molecule has 0 aliphatic carbocycles. The van der Waals surface area contributed by atoms with E-state index >= 15 is 0 Å². The summed E-state index contributed by atoms with van der Waals surface area (Å²) in [6, 6.07) is 5.40. The number of thioether (sulfide) groups is 1. The number of benzene rings is 1. The number of hydrogen-bond donors (Lipinski definition) is 1. The molecule has 0 saturated heterocycles. The van der Waals surface area contributed by atoms with Gasteiger partial charge in [-0.2, -0.15) is 0 Å². The Labute approximate surface area is 149 Å². The van der Waals surface area contributed by atoms with Gasteiger partial charge in [0.2, 0.25) is 11.0 Å². The molecular weight excluding hydrogens is 346 g/mol. The van der Waals surface area contributed by atoms with Crippen LogP contribution in [0.2, 0.25) is 0 Å². The molecule has 0 unspecified atom stereocenters. The zero-order valence-corrected chi connectivity index (χ0v) is 15.4. The van der Waals surface area contributed by atoms with Crippen LogP contribution in [0.1, 0.15) is 18.9 Å². The monoisotopic (exact) mass is 365 g/mol. The van der Waals surface area contributed by atoms with Gasteiger partial charge in [0, 0.05) is 23.5 Å². The molecule has 1 aromatic carbocycles. The Hall–Kier alpha value is -2.06. The van der Waals surface area contributed by atoms with Crippen LogP contribution in [-0.4, -0.2) is 36.1 Å². The molecule has 0 spiro atoms.